The number of hydrogen-bond donors (Lipinski definition) is 2. The van der Waals surface area contributed by atoms with Crippen LogP contribution in [0.25, 0.3) is 0 Å². The van der Waals surface area contributed by atoms with Crippen LogP contribution < -0.4 is 15.8 Å². The summed E-state index contributed by atoms with van der Waals surface area (Å²) in [4.78, 5) is 12.0. The van der Waals surface area contributed by atoms with Gasteiger partial charge in [-0.2, -0.15) is 0 Å². The third-order valence-corrected chi connectivity index (χ3v) is 3.04. The molecule has 0 heterocycles. The maximum absolute atomic E-state index is 12.2. The average molecular weight is 337 g/mol. The van der Waals surface area contributed by atoms with Crippen LogP contribution in [0.15, 0.2) is 18.2 Å². The number of hydrogen-bond acceptors (Lipinski definition) is 3. The van der Waals surface area contributed by atoms with E-state index in [4.69, 9.17) is 10.5 Å². The number of carbonyl (C=O) groups is 1. The zero-order chi connectivity index (χ0) is 16.2. The third kappa shape index (κ3) is 6.15. The molecule has 7 heteroatoms. The van der Waals surface area contributed by atoms with Crippen molar-refractivity contribution < 1.29 is 18.3 Å². The molecule has 4 nitrogen and oxygen atoms in total. The Kier molecular flexibility index (Phi) is 7.76. The molecule has 0 saturated heterocycles. The number of aryl methyl sites for hydroxylation is 1. The van der Waals surface area contributed by atoms with Gasteiger partial charge in [0.2, 0.25) is 5.91 Å². The lowest BCUT2D eigenvalue weighted by atomic mass is 9.87. The van der Waals surface area contributed by atoms with Crippen LogP contribution in [0.3, 0.4) is 0 Å². The van der Waals surface area contributed by atoms with E-state index in [1.165, 1.54) is 6.07 Å². The van der Waals surface area contributed by atoms with Crippen LogP contribution in [0.1, 0.15) is 26.3 Å². The summed E-state index contributed by atoms with van der Waals surface area (Å²) in [6, 6.07) is 4.21. The highest BCUT2D eigenvalue weighted by atomic mass is 35.5. The summed E-state index contributed by atoms with van der Waals surface area (Å²) >= 11 is 0. The minimum Gasteiger partial charge on any atom is -0.487 e. The van der Waals surface area contributed by atoms with Crippen molar-refractivity contribution >= 4 is 24.0 Å². The SMILES string of the molecule is Cc1ccc(NC(=O)[C@@H](N)C(C)(C)C)cc1OCC(F)F.Cl. The van der Waals surface area contributed by atoms with Gasteiger partial charge in [-0.15, -0.1) is 12.4 Å². The molecule has 22 heavy (non-hydrogen) atoms. The van der Waals surface area contributed by atoms with E-state index < -0.39 is 19.1 Å². The molecule has 0 bridgehead atoms. The number of alkyl halides is 2. The van der Waals surface area contributed by atoms with Crippen LogP contribution in [0.2, 0.25) is 0 Å². The topological polar surface area (TPSA) is 64.4 Å². The van der Waals surface area contributed by atoms with Gasteiger partial charge in [0.05, 0.1) is 6.04 Å². The van der Waals surface area contributed by atoms with Gasteiger partial charge in [-0.1, -0.05) is 26.8 Å². The number of amides is 1. The zero-order valence-corrected chi connectivity index (χ0v) is 14.0. The molecular formula is C15H23ClF2N2O2. The van der Waals surface area contributed by atoms with Crippen LogP contribution in [-0.2, 0) is 4.79 Å². The lowest BCUT2D eigenvalue weighted by molar-refractivity contribution is -0.119. The predicted molar refractivity (Wildman–Crippen MR) is 86.0 cm³/mol. The Hall–Kier alpha value is -1.40. The molecule has 0 fully saturated rings. The largest absolute Gasteiger partial charge is 0.487 e. The van der Waals surface area contributed by atoms with Crippen LogP contribution >= 0.6 is 12.4 Å². The molecule has 1 atom stereocenters. The maximum atomic E-state index is 12.2. The minimum atomic E-state index is -2.54. The van der Waals surface area contributed by atoms with Crippen molar-refractivity contribution in [1.29, 1.82) is 0 Å². The predicted octanol–water partition coefficient (Wildman–Crippen LogP) is 3.37. The number of ether oxygens (including phenoxy) is 1. The smallest absolute Gasteiger partial charge is 0.272 e. The van der Waals surface area contributed by atoms with Crippen LogP contribution in [0.4, 0.5) is 14.5 Å². The molecule has 0 spiro atoms. The van der Waals surface area contributed by atoms with Gasteiger partial charge in [-0.25, -0.2) is 8.78 Å². The number of halogens is 3. The van der Waals surface area contributed by atoms with Gasteiger partial charge >= 0.3 is 0 Å². The summed E-state index contributed by atoms with van der Waals surface area (Å²) in [5, 5.41) is 2.67. The van der Waals surface area contributed by atoms with E-state index >= 15 is 0 Å². The van der Waals surface area contributed by atoms with E-state index in [1.807, 2.05) is 20.8 Å². The van der Waals surface area contributed by atoms with Crippen LogP contribution in [-0.4, -0.2) is 25.0 Å². The quantitative estimate of drug-likeness (QED) is 0.866. The van der Waals surface area contributed by atoms with E-state index in [-0.39, 0.29) is 23.7 Å². The first-order valence-corrected chi connectivity index (χ1v) is 6.69. The molecule has 3 N–H and O–H groups in total. The molecular weight excluding hydrogens is 314 g/mol. The highest BCUT2D eigenvalue weighted by Gasteiger charge is 2.27. The van der Waals surface area contributed by atoms with E-state index in [1.54, 1.807) is 19.1 Å². The fourth-order valence-electron chi connectivity index (χ4n) is 1.60. The number of carbonyl (C=O) groups excluding carboxylic acids is 1. The lowest BCUT2D eigenvalue weighted by Crippen LogP contribution is -2.45. The van der Waals surface area contributed by atoms with Crippen molar-refractivity contribution in [2.75, 3.05) is 11.9 Å². The van der Waals surface area contributed by atoms with Crippen molar-refractivity contribution in [1.82, 2.24) is 0 Å². The number of rotatable bonds is 5. The van der Waals surface area contributed by atoms with Gasteiger partial charge in [0.15, 0.2) is 0 Å². The first-order chi connectivity index (χ1) is 9.61. The third-order valence-electron chi connectivity index (χ3n) is 3.04. The fourth-order valence-corrected chi connectivity index (χ4v) is 1.60. The molecule has 126 valence electrons. The van der Waals surface area contributed by atoms with Gasteiger partial charge in [0.25, 0.3) is 6.43 Å². The molecule has 0 aliphatic carbocycles. The second-order valence-corrected chi connectivity index (χ2v) is 6.02. The molecule has 1 rings (SSSR count). The number of benzene rings is 1. The van der Waals surface area contributed by atoms with Crippen molar-refractivity contribution in [3.63, 3.8) is 0 Å². The normalized spacial score (nSPS) is 12.5. The molecule has 0 aliphatic heterocycles. The van der Waals surface area contributed by atoms with E-state index in [2.05, 4.69) is 5.32 Å². The Bertz CT molecular complexity index is 505. The van der Waals surface area contributed by atoms with Gasteiger partial charge in [-0.3, -0.25) is 4.79 Å². The Morgan fingerprint density at radius 1 is 1.36 bits per heavy atom. The summed E-state index contributed by atoms with van der Waals surface area (Å²) in [6.07, 6.45) is -2.54. The highest BCUT2D eigenvalue weighted by Crippen LogP contribution is 2.24. The fraction of sp³-hybridized carbons (Fsp3) is 0.533. The number of nitrogens with one attached hydrogen (secondary N) is 1. The van der Waals surface area contributed by atoms with Crippen LogP contribution in [0, 0.1) is 12.3 Å². The van der Waals surface area contributed by atoms with Crippen LogP contribution in [0.5, 0.6) is 5.75 Å². The summed E-state index contributed by atoms with van der Waals surface area (Å²) < 4.78 is 29.4. The van der Waals surface area contributed by atoms with Gasteiger partial charge in [0, 0.05) is 11.8 Å². The van der Waals surface area contributed by atoms with E-state index in [0.29, 0.717) is 17.0 Å². The molecule has 0 aliphatic rings. The minimum absolute atomic E-state index is 0. The first-order valence-electron chi connectivity index (χ1n) is 6.69. The molecule has 0 radical (unpaired) electrons. The maximum Gasteiger partial charge on any atom is 0.272 e. The molecule has 1 aromatic rings. The Morgan fingerprint density at radius 2 is 1.95 bits per heavy atom. The second kappa shape index (κ2) is 8.29. The number of anilines is 1. The second-order valence-electron chi connectivity index (χ2n) is 6.02. The van der Waals surface area contributed by atoms with Crippen molar-refractivity contribution in [3.8, 4) is 5.75 Å². The Labute approximate surface area is 135 Å². The summed E-state index contributed by atoms with van der Waals surface area (Å²) in [5.41, 5.74) is 6.68. The standard InChI is InChI=1S/C15H22F2N2O2.ClH/c1-9-5-6-10(7-11(9)21-8-12(16)17)19-14(20)13(18)15(2,3)4;/h5-7,12-13H,8,18H2,1-4H3,(H,19,20);1H/t13-;/m1./s1. The summed E-state index contributed by atoms with van der Waals surface area (Å²) in [6.45, 7) is 6.66. The summed E-state index contributed by atoms with van der Waals surface area (Å²) in [7, 11) is 0. The molecule has 0 aromatic heterocycles. The van der Waals surface area contributed by atoms with Crippen molar-refractivity contribution in [2.45, 2.75) is 40.2 Å². The molecule has 0 unspecified atom stereocenters. The average Bonchev–Trinajstić information content (AvgIpc) is 2.37. The van der Waals surface area contributed by atoms with Crippen molar-refractivity contribution in [2.24, 2.45) is 11.1 Å². The van der Waals surface area contributed by atoms with Gasteiger partial charge in [-0.05, 0) is 24.0 Å². The molecule has 1 amide bonds. The van der Waals surface area contributed by atoms with E-state index in [0.717, 1.165) is 0 Å². The molecule has 0 saturated carbocycles. The zero-order valence-electron chi connectivity index (χ0n) is 13.2. The van der Waals surface area contributed by atoms with E-state index in [9.17, 15) is 13.6 Å². The Balaban J connectivity index is 0.00000441. The highest BCUT2D eigenvalue weighted by molar-refractivity contribution is 5.95. The monoisotopic (exact) mass is 336 g/mol. The Morgan fingerprint density at radius 3 is 2.45 bits per heavy atom. The first kappa shape index (κ1) is 20.6. The lowest BCUT2D eigenvalue weighted by Gasteiger charge is -2.26. The van der Waals surface area contributed by atoms with Gasteiger partial charge < -0.3 is 15.8 Å². The number of nitrogens with two attached hydrogens (primary N) is 1. The molecule has 1 aromatic carbocycles. The van der Waals surface area contributed by atoms with Crippen molar-refractivity contribution in [3.05, 3.63) is 23.8 Å². The summed E-state index contributed by atoms with van der Waals surface area (Å²) in [5.74, 6) is -0.0106. The van der Waals surface area contributed by atoms with Gasteiger partial charge in [0.1, 0.15) is 12.4 Å².